The number of carbonyl (C=O) groups is 1. The Labute approximate surface area is 95.9 Å². The SMILES string of the molecule is C=CC#CCc1ccccc1C(=O)OCC. The number of esters is 1. The molecule has 0 bridgehead atoms. The van der Waals surface area contributed by atoms with E-state index >= 15 is 0 Å². The average Bonchev–Trinajstić information content (AvgIpc) is 2.30. The molecule has 0 atom stereocenters. The highest BCUT2D eigenvalue weighted by atomic mass is 16.5. The summed E-state index contributed by atoms with van der Waals surface area (Å²) < 4.78 is 4.97. The van der Waals surface area contributed by atoms with Gasteiger partial charge in [-0.15, -0.1) is 0 Å². The third kappa shape index (κ3) is 3.29. The van der Waals surface area contributed by atoms with E-state index in [1.54, 1.807) is 13.0 Å². The average molecular weight is 214 g/mol. The minimum absolute atomic E-state index is 0.293. The summed E-state index contributed by atoms with van der Waals surface area (Å²) in [5.41, 5.74) is 1.47. The quantitative estimate of drug-likeness (QED) is 0.571. The van der Waals surface area contributed by atoms with Crippen molar-refractivity contribution in [3.63, 3.8) is 0 Å². The minimum atomic E-state index is -0.293. The van der Waals surface area contributed by atoms with Crippen molar-refractivity contribution in [2.75, 3.05) is 6.61 Å². The van der Waals surface area contributed by atoms with Crippen LogP contribution < -0.4 is 0 Å². The summed E-state index contributed by atoms with van der Waals surface area (Å²) in [6, 6.07) is 7.33. The molecule has 1 rings (SSSR count). The monoisotopic (exact) mass is 214 g/mol. The third-order valence-corrected chi connectivity index (χ3v) is 2.00. The number of hydrogen-bond donors (Lipinski definition) is 0. The van der Waals surface area contributed by atoms with Gasteiger partial charge < -0.3 is 4.74 Å². The first-order valence-corrected chi connectivity index (χ1v) is 5.14. The third-order valence-electron chi connectivity index (χ3n) is 2.00. The van der Waals surface area contributed by atoms with E-state index in [0.717, 1.165) is 5.56 Å². The maximum absolute atomic E-state index is 11.6. The number of benzene rings is 1. The number of hydrogen-bond acceptors (Lipinski definition) is 2. The number of carbonyl (C=O) groups excluding carboxylic acids is 1. The summed E-state index contributed by atoms with van der Waals surface area (Å²) in [5.74, 6) is 5.38. The van der Waals surface area contributed by atoms with Gasteiger partial charge in [0.25, 0.3) is 0 Å². The minimum Gasteiger partial charge on any atom is -0.462 e. The first-order chi connectivity index (χ1) is 7.79. The molecule has 0 saturated carbocycles. The zero-order valence-electron chi connectivity index (χ0n) is 9.32. The molecule has 0 aliphatic rings. The van der Waals surface area contributed by atoms with Crippen molar-refractivity contribution in [2.45, 2.75) is 13.3 Å². The fraction of sp³-hybridized carbons (Fsp3) is 0.214. The summed E-state index contributed by atoms with van der Waals surface area (Å²) in [5, 5.41) is 0. The summed E-state index contributed by atoms with van der Waals surface area (Å²) in [6.45, 7) is 5.68. The lowest BCUT2D eigenvalue weighted by molar-refractivity contribution is 0.0525. The fourth-order valence-corrected chi connectivity index (χ4v) is 1.30. The van der Waals surface area contributed by atoms with Gasteiger partial charge in [-0.25, -0.2) is 4.79 Å². The van der Waals surface area contributed by atoms with E-state index in [0.29, 0.717) is 18.6 Å². The van der Waals surface area contributed by atoms with Gasteiger partial charge in [0.15, 0.2) is 0 Å². The molecule has 0 amide bonds. The zero-order chi connectivity index (χ0) is 11.8. The first-order valence-electron chi connectivity index (χ1n) is 5.14. The molecule has 0 aliphatic heterocycles. The van der Waals surface area contributed by atoms with E-state index in [1.165, 1.54) is 6.08 Å². The summed E-state index contributed by atoms with van der Waals surface area (Å²) in [6.07, 6.45) is 2.06. The lowest BCUT2D eigenvalue weighted by Gasteiger charge is -2.05. The van der Waals surface area contributed by atoms with Crippen molar-refractivity contribution in [1.29, 1.82) is 0 Å². The van der Waals surface area contributed by atoms with Gasteiger partial charge in [-0.2, -0.15) is 0 Å². The summed E-state index contributed by atoms with van der Waals surface area (Å²) >= 11 is 0. The van der Waals surface area contributed by atoms with Crippen LogP contribution in [0.5, 0.6) is 0 Å². The van der Waals surface area contributed by atoms with Gasteiger partial charge in [0.05, 0.1) is 12.2 Å². The van der Waals surface area contributed by atoms with Crippen LogP contribution >= 0.6 is 0 Å². The van der Waals surface area contributed by atoms with Gasteiger partial charge in [-0.05, 0) is 24.6 Å². The van der Waals surface area contributed by atoms with Crippen LogP contribution in [0.4, 0.5) is 0 Å². The van der Waals surface area contributed by atoms with E-state index in [4.69, 9.17) is 4.74 Å². The van der Waals surface area contributed by atoms with Gasteiger partial charge in [0, 0.05) is 6.42 Å². The normalized spacial score (nSPS) is 8.81. The molecule has 16 heavy (non-hydrogen) atoms. The number of rotatable bonds is 3. The molecule has 0 aliphatic carbocycles. The number of ether oxygens (including phenoxy) is 1. The molecular weight excluding hydrogens is 200 g/mol. The van der Waals surface area contributed by atoms with Crippen LogP contribution in [0.1, 0.15) is 22.8 Å². The second-order valence-electron chi connectivity index (χ2n) is 3.08. The van der Waals surface area contributed by atoms with Crippen molar-refractivity contribution in [2.24, 2.45) is 0 Å². The first kappa shape index (κ1) is 12.1. The second kappa shape index (κ2) is 6.47. The highest BCUT2D eigenvalue weighted by molar-refractivity contribution is 5.91. The van der Waals surface area contributed by atoms with Crippen LogP contribution in [0.2, 0.25) is 0 Å². The van der Waals surface area contributed by atoms with E-state index in [2.05, 4.69) is 18.4 Å². The maximum Gasteiger partial charge on any atom is 0.338 e. The largest absolute Gasteiger partial charge is 0.462 e. The van der Waals surface area contributed by atoms with Crippen molar-refractivity contribution in [1.82, 2.24) is 0 Å². The van der Waals surface area contributed by atoms with Gasteiger partial charge in [0.1, 0.15) is 0 Å². The Balaban J connectivity index is 2.91. The molecule has 1 aromatic rings. The second-order valence-corrected chi connectivity index (χ2v) is 3.08. The molecule has 82 valence electrons. The van der Waals surface area contributed by atoms with Crippen molar-refractivity contribution >= 4 is 5.97 Å². The Bertz CT molecular complexity index is 436. The van der Waals surface area contributed by atoms with Gasteiger partial charge in [-0.1, -0.05) is 36.6 Å². The van der Waals surface area contributed by atoms with Crippen LogP contribution in [-0.2, 0) is 11.2 Å². The van der Waals surface area contributed by atoms with Gasteiger partial charge >= 0.3 is 5.97 Å². The molecular formula is C14H14O2. The topological polar surface area (TPSA) is 26.3 Å². The smallest absolute Gasteiger partial charge is 0.338 e. The lowest BCUT2D eigenvalue weighted by Crippen LogP contribution is -2.07. The molecule has 2 heteroatoms. The molecule has 0 fully saturated rings. The van der Waals surface area contributed by atoms with Gasteiger partial charge in [-0.3, -0.25) is 0 Å². The maximum atomic E-state index is 11.6. The highest BCUT2D eigenvalue weighted by Gasteiger charge is 2.10. The lowest BCUT2D eigenvalue weighted by atomic mass is 10.1. The Morgan fingerprint density at radius 3 is 2.94 bits per heavy atom. The molecule has 0 spiro atoms. The Morgan fingerprint density at radius 2 is 2.25 bits per heavy atom. The van der Waals surface area contributed by atoms with E-state index in [1.807, 2.05) is 18.2 Å². The van der Waals surface area contributed by atoms with Crippen LogP contribution in [0.15, 0.2) is 36.9 Å². The molecule has 2 nitrogen and oxygen atoms in total. The van der Waals surface area contributed by atoms with Crippen molar-refractivity contribution < 1.29 is 9.53 Å². The molecule has 0 N–H and O–H groups in total. The van der Waals surface area contributed by atoms with Gasteiger partial charge in [0.2, 0.25) is 0 Å². The molecule has 1 aromatic carbocycles. The molecule has 0 radical (unpaired) electrons. The van der Waals surface area contributed by atoms with Crippen LogP contribution in [0, 0.1) is 11.8 Å². The molecule has 0 heterocycles. The Hall–Kier alpha value is -2.01. The highest BCUT2D eigenvalue weighted by Crippen LogP contribution is 2.10. The zero-order valence-corrected chi connectivity index (χ0v) is 9.32. The molecule has 0 aromatic heterocycles. The predicted molar refractivity (Wildman–Crippen MR) is 64.1 cm³/mol. The fourth-order valence-electron chi connectivity index (χ4n) is 1.30. The number of allylic oxidation sites excluding steroid dienone is 1. The van der Waals surface area contributed by atoms with Crippen LogP contribution in [0.3, 0.4) is 0 Å². The standard InChI is InChI=1S/C14H14O2/c1-3-5-6-9-12-10-7-8-11-13(12)14(15)16-4-2/h3,7-8,10-11H,1,4,9H2,2H3. The van der Waals surface area contributed by atoms with E-state index in [-0.39, 0.29) is 5.97 Å². The van der Waals surface area contributed by atoms with Crippen molar-refractivity contribution in [3.8, 4) is 11.8 Å². The van der Waals surface area contributed by atoms with Crippen LogP contribution in [0.25, 0.3) is 0 Å². The summed E-state index contributed by atoms with van der Waals surface area (Å²) in [7, 11) is 0. The summed E-state index contributed by atoms with van der Waals surface area (Å²) in [4.78, 5) is 11.6. The predicted octanol–water partition coefficient (Wildman–Crippen LogP) is 2.60. The van der Waals surface area contributed by atoms with E-state index < -0.39 is 0 Å². The van der Waals surface area contributed by atoms with Crippen molar-refractivity contribution in [3.05, 3.63) is 48.0 Å². The van der Waals surface area contributed by atoms with E-state index in [9.17, 15) is 4.79 Å². The Morgan fingerprint density at radius 1 is 1.50 bits per heavy atom. The molecule has 0 unspecified atom stereocenters. The Kier molecular flexibility index (Phi) is 4.88. The van der Waals surface area contributed by atoms with Crippen LogP contribution in [-0.4, -0.2) is 12.6 Å². The molecule has 0 saturated heterocycles.